The average molecular weight is 431 g/mol. The Hall–Kier alpha value is -1.70. The highest BCUT2D eigenvalue weighted by Crippen LogP contribution is 2.29. The lowest BCUT2D eigenvalue weighted by Crippen LogP contribution is -2.06. The summed E-state index contributed by atoms with van der Waals surface area (Å²) < 4.78 is 30.2. The summed E-state index contributed by atoms with van der Waals surface area (Å²) in [4.78, 5) is 4.49. The predicted molar refractivity (Wildman–Crippen MR) is 97.1 cm³/mol. The van der Waals surface area contributed by atoms with Gasteiger partial charge in [0.2, 0.25) is 0 Å². The fraction of sp³-hybridized carbons (Fsp3) is 0.235. The zero-order chi connectivity index (χ0) is 18.0. The molecule has 0 amide bonds. The first-order valence-corrected chi connectivity index (χ1v) is 8.73. The Balaban J connectivity index is 0.000000151. The zero-order valence-corrected chi connectivity index (χ0v) is 15.3. The van der Waals surface area contributed by atoms with Crippen LogP contribution >= 0.6 is 27.5 Å². The van der Waals surface area contributed by atoms with Gasteiger partial charge in [-0.1, -0.05) is 33.6 Å². The average Bonchev–Trinajstić information content (AvgIpc) is 3.07. The van der Waals surface area contributed by atoms with Gasteiger partial charge < -0.3 is 15.0 Å². The zero-order valence-electron chi connectivity index (χ0n) is 13.0. The van der Waals surface area contributed by atoms with Crippen molar-refractivity contribution in [3.8, 4) is 5.75 Å². The topological polar surface area (TPSA) is 53.1 Å². The maximum absolute atomic E-state index is 11.6. The van der Waals surface area contributed by atoms with Gasteiger partial charge in [0, 0.05) is 16.0 Å². The first kappa shape index (κ1) is 18.1. The molecule has 1 unspecified atom stereocenters. The Morgan fingerprint density at radius 3 is 2.80 bits per heavy atom. The Morgan fingerprint density at radius 2 is 2.08 bits per heavy atom. The number of benzene rings is 2. The maximum atomic E-state index is 11.6. The van der Waals surface area contributed by atoms with E-state index < -0.39 is 6.61 Å². The van der Waals surface area contributed by atoms with Gasteiger partial charge >= 0.3 is 6.61 Å². The van der Waals surface area contributed by atoms with Crippen molar-refractivity contribution < 1.29 is 13.5 Å². The first-order valence-electron chi connectivity index (χ1n) is 7.55. The molecule has 2 heterocycles. The third-order valence-corrected chi connectivity index (χ3v) is 4.48. The van der Waals surface area contributed by atoms with E-state index in [0.717, 1.165) is 39.3 Å². The molecular weight excluding hydrogens is 416 g/mol. The largest absolute Gasteiger partial charge is 0.435 e. The highest BCUT2D eigenvalue weighted by Gasteiger charge is 2.23. The number of aryl methyl sites for hydroxylation is 1. The lowest BCUT2D eigenvalue weighted by Gasteiger charge is -2.02. The quantitative estimate of drug-likeness (QED) is 0.612. The van der Waals surface area contributed by atoms with Crippen LogP contribution in [0, 0.1) is 0 Å². The molecule has 0 saturated heterocycles. The molecule has 0 radical (unpaired) electrons. The Bertz CT molecular complexity index is 887. The number of aromatic nitrogens is 2. The highest BCUT2D eigenvalue weighted by atomic mass is 79.9. The van der Waals surface area contributed by atoms with Gasteiger partial charge in [0.05, 0.1) is 17.1 Å². The van der Waals surface area contributed by atoms with Crippen LogP contribution in [0.2, 0.25) is 5.02 Å². The van der Waals surface area contributed by atoms with E-state index in [4.69, 9.17) is 17.3 Å². The molecule has 1 atom stereocenters. The summed E-state index contributed by atoms with van der Waals surface area (Å²) >= 11 is 9.07. The van der Waals surface area contributed by atoms with E-state index in [0.29, 0.717) is 0 Å². The Labute approximate surface area is 156 Å². The fourth-order valence-electron chi connectivity index (χ4n) is 2.67. The number of rotatable bonds is 2. The lowest BCUT2D eigenvalue weighted by atomic mass is 10.2. The van der Waals surface area contributed by atoms with E-state index in [1.165, 1.54) is 12.1 Å². The molecule has 1 aliphatic heterocycles. The maximum Gasteiger partial charge on any atom is 0.387 e. The van der Waals surface area contributed by atoms with E-state index in [-0.39, 0.29) is 11.8 Å². The number of nitrogens with two attached hydrogens (primary N) is 1. The molecule has 0 spiro atoms. The summed E-state index contributed by atoms with van der Waals surface area (Å²) in [6, 6.07) is 12.1. The number of ether oxygens (including phenoxy) is 1. The minimum atomic E-state index is -2.76. The van der Waals surface area contributed by atoms with Crippen LogP contribution in [0.15, 0.2) is 46.9 Å². The van der Waals surface area contributed by atoms with E-state index in [1.54, 1.807) is 12.1 Å². The number of hydrogen-bond donors (Lipinski definition) is 1. The van der Waals surface area contributed by atoms with Crippen LogP contribution in [0.4, 0.5) is 8.78 Å². The molecule has 25 heavy (non-hydrogen) atoms. The third-order valence-electron chi connectivity index (χ3n) is 3.76. The molecule has 0 fully saturated rings. The van der Waals surface area contributed by atoms with E-state index in [1.807, 2.05) is 18.2 Å². The van der Waals surface area contributed by atoms with Gasteiger partial charge in [-0.05, 0) is 42.8 Å². The second kappa shape index (κ2) is 7.68. The SMILES string of the molecule is FC(F)Oc1cccc(Br)c1.NC1CCn2c1nc1ccc(Cl)cc12. The number of hydrogen-bond acceptors (Lipinski definition) is 3. The molecule has 0 bridgehead atoms. The Morgan fingerprint density at radius 1 is 1.28 bits per heavy atom. The van der Waals surface area contributed by atoms with Crippen LogP contribution in [-0.2, 0) is 6.54 Å². The molecule has 3 aromatic rings. The molecule has 4 rings (SSSR count). The molecule has 8 heteroatoms. The number of halogens is 4. The lowest BCUT2D eigenvalue weighted by molar-refractivity contribution is -0.0498. The molecule has 4 nitrogen and oxygen atoms in total. The van der Waals surface area contributed by atoms with Crippen molar-refractivity contribution >= 4 is 38.6 Å². The summed E-state index contributed by atoms with van der Waals surface area (Å²) in [7, 11) is 0. The summed E-state index contributed by atoms with van der Waals surface area (Å²) in [5.74, 6) is 1.15. The van der Waals surface area contributed by atoms with Gasteiger partial charge in [0.25, 0.3) is 0 Å². The van der Waals surface area contributed by atoms with Gasteiger partial charge in [0.1, 0.15) is 11.6 Å². The standard InChI is InChI=1S/C10H10ClN3.C7H5BrF2O/c11-6-1-2-8-9(5-6)14-4-3-7(12)10(14)13-8;8-5-2-1-3-6(4-5)11-7(9)10/h1-2,5,7H,3-4,12H2;1-4,7H. The number of alkyl halides is 2. The van der Waals surface area contributed by atoms with Crippen molar-refractivity contribution in [2.45, 2.75) is 25.6 Å². The van der Waals surface area contributed by atoms with E-state index in [2.05, 4.69) is 30.2 Å². The molecular formula is C17H15BrClF2N3O. The van der Waals surface area contributed by atoms with Crippen LogP contribution in [-0.4, -0.2) is 16.2 Å². The van der Waals surface area contributed by atoms with E-state index in [9.17, 15) is 8.78 Å². The molecule has 2 aromatic carbocycles. The molecule has 1 aromatic heterocycles. The van der Waals surface area contributed by atoms with Gasteiger partial charge in [-0.2, -0.15) is 8.78 Å². The highest BCUT2D eigenvalue weighted by molar-refractivity contribution is 9.10. The molecule has 0 saturated carbocycles. The van der Waals surface area contributed by atoms with Crippen LogP contribution in [0.25, 0.3) is 11.0 Å². The molecule has 1 aliphatic rings. The van der Waals surface area contributed by atoms with Crippen molar-refractivity contribution in [2.75, 3.05) is 0 Å². The van der Waals surface area contributed by atoms with Crippen LogP contribution < -0.4 is 10.5 Å². The fourth-order valence-corrected chi connectivity index (χ4v) is 3.22. The van der Waals surface area contributed by atoms with Crippen molar-refractivity contribution in [3.05, 3.63) is 57.8 Å². The third kappa shape index (κ3) is 4.29. The molecule has 0 aliphatic carbocycles. The minimum Gasteiger partial charge on any atom is -0.435 e. The van der Waals surface area contributed by atoms with Crippen molar-refractivity contribution in [2.24, 2.45) is 5.73 Å². The van der Waals surface area contributed by atoms with Gasteiger partial charge in [-0.15, -0.1) is 0 Å². The van der Waals surface area contributed by atoms with Gasteiger partial charge in [-0.3, -0.25) is 0 Å². The number of imidazole rings is 1. The predicted octanol–water partition coefficient (Wildman–Crippen LogP) is 5.14. The van der Waals surface area contributed by atoms with Crippen LogP contribution in [0.3, 0.4) is 0 Å². The summed E-state index contributed by atoms with van der Waals surface area (Å²) in [6.07, 6.45) is 0.977. The monoisotopic (exact) mass is 429 g/mol. The number of nitrogens with zero attached hydrogens (tertiary/aromatic N) is 2. The Kier molecular flexibility index (Phi) is 5.56. The van der Waals surface area contributed by atoms with Crippen molar-refractivity contribution in [1.82, 2.24) is 9.55 Å². The van der Waals surface area contributed by atoms with Crippen molar-refractivity contribution in [3.63, 3.8) is 0 Å². The smallest absolute Gasteiger partial charge is 0.387 e. The van der Waals surface area contributed by atoms with Gasteiger partial charge in [0.15, 0.2) is 0 Å². The van der Waals surface area contributed by atoms with Crippen LogP contribution in [0.1, 0.15) is 18.3 Å². The summed E-state index contributed by atoms with van der Waals surface area (Å²) in [6.45, 7) is -1.81. The summed E-state index contributed by atoms with van der Waals surface area (Å²) in [5, 5.41) is 0.751. The van der Waals surface area contributed by atoms with Crippen LogP contribution in [0.5, 0.6) is 5.75 Å². The summed E-state index contributed by atoms with van der Waals surface area (Å²) in [5.41, 5.74) is 8.02. The first-order chi connectivity index (χ1) is 11.9. The minimum absolute atomic E-state index is 0.0844. The van der Waals surface area contributed by atoms with Gasteiger partial charge in [-0.25, -0.2) is 4.98 Å². The van der Waals surface area contributed by atoms with Crippen molar-refractivity contribution in [1.29, 1.82) is 0 Å². The molecule has 132 valence electrons. The second-order valence-electron chi connectivity index (χ2n) is 5.49. The van der Waals surface area contributed by atoms with E-state index >= 15 is 0 Å². The second-order valence-corrected chi connectivity index (χ2v) is 6.84. The molecule has 2 N–H and O–H groups in total. The number of fused-ring (bicyclic) bond motifs is 3. The normalized spacial score (nSPS) is 15.8.